The first kappa shape index (κ1) is 14.6. The normalized spacial score (nSPS) is 10.6. The molecule has 6 heteroatoms. The Hall–Kier alpha value is -2.34. The van der Waals surface area contributed by atoms with Crippen molar-refractivity contribution in [2.24, 2.45) is 0 Å². The summed E-state index contributed by atoms with van der Waals surface area (Å²) in [5.74, 6) is 1.85. The Morgan fingerprint density at radius 1 is 1.05 bits per heavy atom. The molecule has 3 rings (SSSR count). The molecule has 0 radical (unpaired) electrons. The van der Waals surface area contributed by atoms with E-state index in [0.29, 0.717) is 23.3 Å². The zero-order valence-electron chi connectivity index (χ0n) is 11.7. The van der Waals surface area contributed by atoms with E-state index in [2.05, 4.69) is 15.2 Å². The highest BCUT2D eigenvalue weighted by Gasteiger charge is 2.05. The van der Waals surface area contributed by atoms with Crippen LogP contribution < -0.4 is 4.74 Å². The molecule has 4 nitrogen and oxygen atoms in total. The smallest absolute Gasteiger partial charge is 0.208 e. The van der Waals surface area contributed by atoms with Crippen molar-refractivity contribution in [2.45, 2.75) is 5.16 Å². The van der Waals surface area contributed by atoms with E-state index in [4.69, 9.17) is 4.74 Å². The van der Waals surface area contributed by atoms with E-state index in [1.807, 2.05) is 30.3 Å². The van der Waals surface area contributed by atoms with Gasteiger partial charge >= 0.3 is 0 Å². The Balaban J connectivity index is 1.48. The van der Waals surface area contributed by atoms with Crippen LogP contribution in [0.15, 0.2) is 59.8 Å². The second kappa shape index (κ2) is 7.09. The molecule has 0 unspecified atom stereocenters. The van der Waals surface area contributed by atoms with Crippen LogP contribution in [0.5, 0.6) is 5.75 Å². The fourth-order valence-corrected chi connectivity index (χ4v) is 2.47. The van der Waals surface area contributed by atoms with Crippen LogP contribution in [0.3, 0.4) is 0 Å². The first-order chi connectivity index (χ1) is 10.8. The lowest BCUT2D eigenvalue weighted by Gasteiger charge is -2.04. The standard InChI is InChI=1S/C16H14FN3OS/c17-13-6-8-14(9-7-13)21-10-11-22-16-18-15(19-20-16)12-4-2-1-3-5-12/h1-9H,10-11H2,(H,18,19,20). The molecule has 2 aromatic carbocycles. The summed E-state index contributed by atoms with van der Waals surface area (Å²) < 4.78 is 18.3. The summed E-state index contributed by atoms with van der Waals surface area (Å²) in [7, 11) is 0. The average molecular weight is 315 g/mol. The number of nitrogens with one attached hydrogen (secondary N) is 1. The molecule has 0 atom stereocenters. The number of thioether (sulfide) groups is 1. The summed E-state index contributed by atoms with van der Waals surface area (Å²) in [5.41, 5.74) is 1.00. The number of hydrogen-bond acceptors (Lipinski definition) is 4. The van der Waals surface area contributed by atoms with Crippen molar-refractivity contribution in [3.05, 3.63) is 60.4 Å². The number of halogens is 1. The summed E-state index contributed by atoms with van der Waals surface area (Å²) in [6, 6.07) is 15.8. The Bertz CT molecular complexity index is 716. The minimum atomic E-state index is -0.268. The lowest BCUT2D eigenvalue weighted by atomic mass is 10.2. The van der Waals surface area contributed by atoms with Crippen molar-refractivity contribution in [1.82, 2.24) is 15.2 Å². The lowest BCUT2D eigenvalue weighted by Crippen LogP contribution is -2.00. The van der Waals surface area contributed by atoms with Gasteiger partial charge in [0, 0.05) is 11.3 Å². The van der Waals surface area contributed by atoms with Gasteiger partial charge in [-0.3, -0.25) is 5.10 Å². The number of H-pyrrole nitrogens is 1. The predicted molar refractivity (Wildman–Crippen MR) is 84.4 cm³/mol. The highest BCUT2D eigenvalue weighted by atomic mass is 32.2. The number of aromatic nitrogens is 3. The van der Waals surface area contributed by atoms with Gasteiger partial charge in [-0.15, -0.1) is 5.10 Å². The Morgan fingerprint density at radius 3 is 2.59 bits per heavy atom. The largest absolute Gasteiger partial charge is 0.493 e. The van der Waals surface area contributed by atoms with Gasteiger partial charge in [-0.1, -0.05) is 42.1 Å². The Kier molecular flexibility index (Phi) is 4.70. The molecule has 1 heterocycles. The maximum absolute atomic E-state index is 12.8. The van der Waals surface area contributed by atoms with Crippen LogP contribution in [-0.4, -0.2) is 27.5 Å². The molecule has 0 saturated carbocycles. The number of nitrogens with zero attached hydrogens (tertiary/aromatic N) is 2. The maximum Gasteiger partial charge on any atom is 0.208 e. The minimum Gasteiger partial charge on any atom is -0.493 e. The molecule has 0 amide bonds. The fraction of sp³-hybridized carbons (Fsp3) is 0.125. The molecule has 3 aromatic rings. The molecule has 0 fully saturated rings. The third-order valence-electron chi connectivity index (χ3n) is 2.91. The van der Waals surface area contributed by atoms with Crippen LogP contribution in [0.1, 0.15) is 0 Å². The molecule has 1 N–H and O–H groups in total. The lowest BCUT2D eigenvalue weighted by molar-refractivity contribution is 0.343. The van der Waals surface area contributed by atoms with E-state index in [9.17, 15) is 4.39 Å². The van der Waals surface area contributed by atoms with E-state index in [0.717, 1.165) is 11.4 Å². The summed E-state index contributed by atoms with van der Waals surface area (Å²) in [4.78, 5) is 4.43. The quantitative estimate of drug-likeness (QED) is 0.555. The maximum atomic E-state index is 12.8. The van der Waals surface area contributed by atoms with Gasteiger partial charge in [-0.25, -0.2) is 9.37 Å². The molecule has 0 bridgehead atoms. The van der Waals surface area contributed by atoms with Gasteiger partial charge in [0.1, 0.15) is 11.6 Å². The van der Waals surface area contributed by atoms with E-state index in [1.165, 1.54) is 23.9 Å². The molecule has 0 aliphatic carbocycles. The van der Waals surface area contributed by atoms with Crippen LogP contribution in [0.2, 0.25) is 0 Å². The third-order valence-corrected chi connectivity index (χ3v) is 3.72. The van der Waals surface area contributed by atoms with Crippen molar-refractivity contribution >= 4 is 11.8 Å². The summed E-state index contributed by atoms with van der Waals surface area (Å²) in [5, 5.41) is 7.77. The Morgan fingerprint density at radius 2 is 1.82 bits per heavy atom. The predicted octanol–water partition coefficient (Wildman–Crippen LogP) is 3.78. The van der Waals surface area contributed by atoms with E-state index >= 15 is 0 Å². The van der Waals surface area contributed by atoms with Crippen molar-refractivity contribution in [3.8, 4) is 17.1 Å². The molecular weight excluding hydrogens is 301 g/mol. The van der Waals surface area contributed by atoms with Crippen molar-refractivity contribution in [3.63, 3.8) is 0 Å². The van der Waals surface area contributed by atoms with Crippen molar-refractivity contribution in [2.75, 3.05) is 12.4 Å². The number of aromatic amines is 1. The molecular formula is C16H14FN3OS. The monoisotopic (exact) mass is 315 g/mol. The SMILES string of the molecule is Fc1ccc(OCCSc2n[nH]c(-c3ccccc3)n2)cc1. The van der Waals surface area contributed by atoms with E-state index < -0.39 is 0 Å². The molecule has 1 aromatic heterocycles. The van der Waals surface area contributed by atoms with Crippen LogP contribution in [0.25, 0.3) is 11.4 Å². The summed E-state index contributed by atoms with van der Waals surface area (Å²) >= 11 is 1.51. The molecule has 22 heavy (non-hydrogen) atoms. The zero-order chi connectivity index (χ0) is 15.2. The zero-order valence-corrected chi connectivity index (χ0v) is 12.5. The van der Waals surface area contributed by atoms with Crippen LogP contribution >= 0.6 is 11.8 Å². The van der Waals surface area contributed by atoms with Crippen LogP contribution in [-0.2, 0) is 0 Å². The molecule has 0 aliphatic heterocycles. The number of ether oxygens (including phenoxy) is 1. The second-order valence-corrected chi connectivity index (χ2v) is 5.55. The number of rotatable bonds is 6. The third kappa shape index (κ3) is 3.85. The molecule has 0 aliphatic rings. The van der Waals surface area contributed by atoms with Gasteiger partial charge in [-0.2, -0.15) is 0 Å². The Labute approximate surface area is 131 Å². The highest BCUT2D eigenvalue weighted by molar-refractivity contribution is 7.99. The second-order valence-electron chi connectivity index (χ2n) is 4.48. The van der Waals surface area contributed by atoms with Crippen molar-refractivity contribution < 1.29 is 9.13 Å². The topological polar surface area (TPSA) is 50.8 Å². The summed E-state index contributed by atoms with van der Waals surface area (Å²) in [6.45, 7) is 0.505. The first-order valence-electron chi connectivity index (χ1n) is 6.80. The first-order valence-corrected chi connectivity index (χ1v) is 7.79. The average Bonchev–Trinajstić information content (AvgIpc) is 3.03. The fourth-order valence-electron chi connectivity index (χ4n) is 1.86. The number of hydrogen-bond donors (Lipinski definition) is 1. The van der Waals surface area contributed by atoms with Crippen LogP contribution in [0.4, 0.5) is 4.39 Å². The molecule has 0 spiro atoms. The van der Waals surface area contributed by atoms with Gasteiger partial charge in [0.25, 0.3) is 0 Å². The van der Waals surface area contributed by atoms with Crippen LogP contribution in [0, 0.1) is 5.82 Å². The minimum absolute atomic E-state index is 0.268. The number of benzene rings is 2. The van der Waals surface area contributed by atoms with Gasteiger partial charge in [-0.05, 0) is 24.3 Å². The van der Waals surface area contributed by atoms with Gasteiger partial charge in [0.05, 0.1) is 6.61 Å². The molecule has 112 valence electrons. The highest BCUT2D eigenvalue weighted by Crippen LogP contribution is 2.19. The molecule has 0 saturated heterocycles. The summed E-state index contributed by atoms with van der Waals surface area (Å²) in [6.07, 6.45) is 0. The van der Waals surface area contributed by atoms with E-state index in [1.54, 1.807) is 12.1 Å². The van der Waals surface area contributed by atoms with Crippen molar-refractivity contribution in [1.29, 1.82) is 0 Å². The van der Waals surface area contributed by atoms with Gasteiger partial charge < -0.3 is 4.74 Å². The van der Waals surface area contributed by atoms with E-state index in [-0.39, 0.29) is 5.82 Å². The van der Waals surface area contributed by atoms with Gasteiger partial charge in [0.15, 0.2) is 5.82 Å². The van der Waals surface area contributed by atoms with Gasteiger partial charge in [0.2, 0.25) is 5.16 Å².